The van der Waals surface area contributed by atoms with Gasteiger partial charge in [0.1, 0.15) is 11.8 Å². The fourth-order valence-corrected chi connectivity index (χ4v) is 1.49. The third-order valence-electron chi connectivity index (χ3n) is 2.78. The van der Waals surface area contributed by atoms with Gasteiger partial charge in [-0.2, -0.15) is 0 Å². The molecule has 0 saturated heterocycles. The SMILES string of the molecule is CC(=O)Nc1ccc(OC(=O)C(C)NC(=O)C(C)(C)C)cc1. The lowest BCUT2D eigenvalue weighted by Crippen LogP contribution is -2.45. The molecule has 0 radical (unpaired) electrons. The number of carbonyl (C=O) groups excluding carboxylic acids is 3. The molecule has 0 aromatic heterocycles. The first-order valence-electron chi connectivity index (χ1n) is 7.00. The van der Waals surface area contributed by atoms with Crippen molar-refractivity contribution in [2.45, 2.75) is 40.7 Å². The maximum Gasteiger partial charge on any atom is 0.333 e. The van der Waals surface area contributed by atoms with Gasteiger partial charge in [-0.3, -0.25) is 9.59 Å². The number of benzene rings is 1. The van der Waals surface area contributed by atoms with Gasteiger partial charge < -0.3 is 15.4 Å². The van der Waals surface area contributed by atoms with Gasteiger partial charge in [-0.15, -0.1) is 0 Å². The standard InChI is InChI=1S/C16H22N2O4/c1-10(17-15(21)16(3,4)5)14(20)22-13-8-6-12(7-9-13)18-11(2)19/h6-10H,1-5H3,(H,17,21)(H,18,19). The fraction of sp³-hybridized carbons (Fsp3) is 0.438. The average Bonchev–Trinajstić information content (AvgIpc) is 2.39. The Morgan fingerprint density at radius 1 is 1.09 bits per heavy atom. The lowest BCUT2D eigenvalue weighted by molar-refractivity contribution is -0.140. The monoisotopic (exact) mass is 306 g/mol. The van der Waals surface area contributed by atoms with Crippen LogP contribution in [0.5, 0.6) is 5.75 Å². The van der Waals surface area contributed by atoms with Crippen molar-refractivity contribution in [2.75, 3.05) is 5.32 Å². The van der Waals surface area contributed by atoms with E-state index < -0.39 is 17.4 Å². The molecule has 0 aliphatic rings. The number of rotatable bonds is 4. The molecule has 22 heavy (non-hydrogen) atoms. The lowest BCUT2D eigenvalue weighted by atomic mass is 9.95. The lowest BCUT2D eigenvalue weighted by Gasteiger charge is -2.20. The first-order valence-corrected chi connectivity index (χ1v) is 7.00. The molecule has 1 unspecified atom stereocenters. The third-order valence-corrected chi connectivity index (χ3v) is 2.78. The highest BCUT2D eigenvalue weighted by atomic mass is 16.5. The summed E-state index contributed by atoms with van der Waals surface area (Å²) in [5.41, 5.74) is 0.0375. The van der Waals surface area contributed by atoms with Gasteiger partial charge in [0.2, 0.25) is 11.8 Å². The van der Waals surface area contributed by atoms with Crippen molar-refractivity contribution in [2.24, 2.45) is 5.41 Å². The topological polar surface area (TPSA) is 84.5 Å². The maximum atomic E-state index is 11.9. The second-order valence-electron chi connectivity index (χ2n) is 6.07. The average molecular weight is 306 g/mol. The van der Waals surface area contributed by atoms with E-state index in [9.17, 15) is 14.4 Å². The van der Waals surface area contributed by atoms with Crippen LogP contribution in [0.4, 0.5) is 5.69 Å². The first kappa shape index (κ1) is 17.7. The zero-order chi connectivity index (χ0) is 16.9. The summed E-state index contributed by atoms with van der Waals surface area (Å²) in [4.78, 5) is 34.7. The van der Waals surface area contributed by atoms with Crippen molar-refractivity contribution in [3.05, 3.63) is 24.3 Å². The van der Waals surface area contributed by atoms with Gasteiger partial charge in [-0.05, 0) is 31.2 Å². The molecule has 0 spiro atoms. The molecule has 6 heteroatoms. The molecular formula is C16H22N2O4. The van der Waals surface area contributed by atoms with E-state index in [1.54, 1.807) is 52.0 Å². The van der Waals surface area contributed by atoms with Crippen molar-refractivity contribution < 1.29 is 19.1 Å². The van der Waals surface area contributed by atoms with Gasteiger partial charge in [-0.25, -0.2) is 4.79 Å². The van der Waals surface area contributed by atoms with Crippen molar-refractivity contribution >= 4 is 23.5 Å². The summed E-state index contributed by atoms with van der Waals surface area (Å²) in [7, 11) is 0. The molecule has 1 atom stereocenters. The summed E-state index contributed by atoms with van der Waals surface area (Å²) in [5.74, 6) is -0.609. The highest BCUT2D eigenvalue weighted by Crippen LogP contribution is 2.17. The van der Waals surface area contributed by atoms with Crippen LogP contribution < -0.4 is 15.4 Å². The zero-order valence-electron chi connectivity index (χ0n) is 13.5. The molecule has 0 bridgehead atoms. The van der Waals surface area contributed by atoms with E-state index >= 15 is 0 Å². The normalized spacial score (nSPS) is 12.2. The first-order chi connectivity index (χ1) is 10.1. The van der Waals surface area contributed by atoms with Gasteiger partial charge >= 0.3 is 5.97 Å². The predicted molar refractivity (Wildman–Crippen MR) is 83.4 cm³/mol. The van der Waals surface area contributed by atoms with Gasteiger partial charge in [0.25, 0.3) is 0 Å². The number of hydrogen-bond donors (Lipinski definition) is 2. The highest BCUT2D eigenvalue weighted by molar-refractivity contribution is 5.89. The summed E-state index contributed by atoms with van der Waals surface area (Å²) in [6.07, 6.45) is 0. The Morgan fingerprint density at radius 2 is 1.64 bits per heavy atom. The Labute approximate surface area is 130 Å². The fourth-order valence-electron chi connectivity index (χ4n) is 1.49. The van der Waals surface area contributed by atoms with Crippen LogP contribution in [0, 0.1) is 5.41 Å². The minimum atomic E-state index is -0.748. The minimum Gasteiger partial charge on any atom is -0.425 e. The van der Waals surface area contributed by atoms with Crippen LogP contribution in [-0.4, -0.2) is 23.8 Å². The highest BCUT2D eigenvalue weighted by Gasteiger charge is 2.25. The molecule has 6 nitrogen and oxygen atoms in total. The van der Waals surface area contributed by atoms with E-state index in [1.165, 1.54) is 6.92 Å². The molecule has 0 aliphatic carbocycles. The second-order valence-corrected chi connectivity index (χ2v) is 6.07. The summed E-state index contributed by atoms with van der Waals surface area (Å²) in [6, 6.07) is 5.65. The summed E-state index contributed by atoms with van der Waals surface area (Å²) in [5, 5.41) is 5.22. The smallest absolute Gasteiger partial charge is 0.333 e. The van der Waals surface area contributed by atoms with E-state index in [-0.39, 0.29) is 11.8 Å². The molecule has 0 heterocycles. The summed E-state index contributed by atoms with van der Waals surface area (Å²) in [6.45, 7) is 8.27. The van der Waals surface area contributed by atoms with Gasteiger partial charge in [-0.1, -0.05) is 20.8 Å². The third kappa shape index (κ3) is 5.55. The van der Waals surface area contributed by atoms with Crippen LogP contribution in [0.25, 0.3) is 0 Å². The molecule has 120 valence electrons. The Hall–Kier alpha value is -2.37. The molecule has 2 N–H and O–H groups in total. The van der Waals surface area contributed by atoms with E-state index in [0.29, 0.717) is 11.4 Å². The summed E-state index contributed by atoms with van der Waals surface area (Å²) >= 11 is 0. The Kier molecular flexibility index (Phi) is 5.68. The van der Waals surface area contributed by atoms with Crippen molar-refractivity contribution in [1.29, 1.82) is 0 Å². The number of anilines is 1. The van der Waals surface area contributed by atoms with E-state index in [4.69, 9.17) is 4.74 Å². The van der Waals surface area contributed by atoms with Crippen LogP contribution in [0.2, 0.25) is 0 Å². The number of hydrogen-bond acceptors (Lipinski definition) is 4. The van der Waals surface area contributed by atoms with Crippen LogP contribution >= 0.6 is 0 Å². The van der Waals surface area contributed by atoms with Gasteiger partial charge in [0, 0.05) is 18.0 Å². The van der Waals surface area contributed by atoms with Crippen LogP contribution in [0.3, 0.4) is 0 Å². The van der Waals surface area contributed by atoms with Crippen LogP contribution in [0.15, 0.2) is 24.3 Å². The number of esters is 1. The number of carbonyl (C=O) groups is 3. The Morgan fingerprint density at radius 3 is 2.09 bits per heavy atom. The molecule has 0 aliphatic heterocycles. The number of amides is 2. The Bertz CT molecular complexity index is 559. The molecule has 0 saturated carbocycles. The van der Waals surface area contributed by atoms with E-state index in [0.717, 1.165) is 0 Å². The summed E-state index contributed by atoms with van der Waals surface area (Å²) < 4.78 is 5.18. The zero-order valence-corrected chi connectivity index (χ0v) is 13.5. The van der Waals surface area contributed by atoms with Crippen LogP contribution in [0.1, 0.15) is 34.6 Å². The predicted octanol–water partition coefficient (Wildman–Crippen LogP) is 2.10. The largest absolute Gasteiger partial charge is 0.425 e. The molecule has 2 amide bonds. The van der Waals surface area contributed by atoms with Crippen molar-refractivity contribution in [3.8, 4) is 5.75 Å². The molecule has 0 fully saturated rings. The molecular weight excluding hydrogens is 284 g/mol. The van der Waals surface area contributed by atoms with E-state index in [2.05, 4.69) is 10.6 Å². The van der Waals surface area contributed by atoms with Crippen LogP contribution in [-0.2, 0) is 14.4 Å². The number of ether oxygens (including phenoxy) is 1. The second kappa shape index (κ2) is 7.06. The molecule has 1 aromatic rings. The minimum absolute atomic E-state index is 0.178. The van der Waals surface area contributed by atoms with Gasteiger partial charge in [0.05, 0.1) is 0 Å². The molecule has 1 aromatic carbocycles. The van der Waals surface area contributed by atoms with E-state index in [1.807, 2.05) is 0 Å². The Balaban J connectivity index is 2.60. The van der Waals surface area contributed by atoms with Crippen molar-refractivity contribution in [1.82, 2.24) is 5.32 Å². The molecule has 1 rings (SSSR count). The quantitative estimate of drug-likeness (QED) is 0.659. The number of nitrogens with one attached hydrogen (secondary N) is 2. The van der Waals surface area contributed by atoms with Crippen molar-refractivity contribution in [3.63, 3.8) is 0 Å². The van der Waals surface area contributed by atoms with Gasteiger partial charge in [0.15, 0.2) is 0 Å². The maximum absolute atomic E-state index is 11.9.